The van der Waals surface area contributed by atoms with Crippen molar-refractivity contribution in [3.05, 3.63) is 128 Å². The Balaban J connectivity index is 1.35. The molecule has 12 rings (SSSR count). The molecule has 8 heterocycles. The molecule has 8 nitrogen and oxygen atoms in total. The predicted octanol–water partition coefficient (Wildman–Crippen LogP) is 6.23. The fourth-order valence-electron chi connectivity index (χ4n) is 9.16. The van der Waals surface area contributed by atoms with Crippen LogP contribution in [0.5, 0.6) is 0 Å². The van der Waals surface area contributed by atoms with Gasteiger partial charge in [-0.1, -0.05) is 75.6 Å². The van der Waals surface area contributed by atoms with Gasteiger partial charge in [-0.25, -0.2) is 0 Å². The number of unbranched alkanes of at least 4 members (excludes halogenated alkanes) is 1. The van der Waals surface area contributed by atoms with Gasteiger partial charge in [-0.3, -0.25) is 0 Å². The van der Waals surface area contributed by atoms with E-state index in [-0.39, 0.29) is 0 Å². The molecular formula is C41H32N8+2. The number of benzene rings is 4. The molecule has 49 heavy (non-hydrogen) atoms. The minimum Gasteiger partial charge on any atom is -0.192 e. The molecular weight excluding hydrogens is 605 g/mol. The minimum atomic E-state index is -0.953. The molecule has 0 aliphatic carbocycles. The third-order valence-electron chi connectivity index (χ3n) is 11.4. The van der Waals surface area contributed by atoms with Gasteiger partial charge in [0.05, 0.1) is 22.3 Å². The van der Waals surface area contributed by atoms with Crippen molar-refractivity contribution in [2.75, 3.05) is 0 Å². The maximum Gasteiger partial charge on any atom is 0.404 e. The van der Waals surface area contributed by atoms with E-state index in [1.165, 1.54) is 22.3 Å². The van der Waals surface area contributed by atoms with E-state index in [4.69, 9.17) is 20.0 Å². The first-order valence-electron chi connectivity index (χ1n) is 17.5. The summed E-state index contributed by atoms with van der Waals surface area (Å²) in [6, 6.07) is 27.2. The highest BCUT2D eigenvalue weighted by Gasteiger charge is 2.69. The van der Waals surface area contributed by atoms with Crippen LogP contribution in [0.15, 0.2) is 92.8 Å². The lowest BCUT2D eigenvalue weighted by Crippen LogP contribution is -2.71. The number of rotatable bonds is 4. The summed E-state index contributed by atoms with van der Waals surface area (Å²) in [6.07, 6.45) is 4.30. The van der Waals surface area contributed by atoms with E-state index >= 15 is 0 Å². The molecule has 1 spiro atoms. The van der Waals surface area contributed by atoms with Crippen molar-refractivity contribution in [1.82, 2.24) is 9.13 Å². The maximum atomic E-state index is 5.62. The molecule has 1 atom stereocenters. The summed E-state index contributed by atoms with van der Waals surface area (Å²) < 4.78 is 9.59. The number of aromatic nitrogens is 2. The van der Waals surface area contributed by atoms with Gasteiger partial charge in [-0.2, -0.15) is 9.13 Å². The molecule has 0 fully saturated rings. The van der Waals surface area contributed by atoms with Crippen molar-refractivity contribution < 1.29 is 9.15 Å². The van der Waals surface area contributed by atoms with Crippen LogP contribution in [0.3, 0.4) is 0 Å². The van der Waals surface area contributed by atoms with E-state index in [2.05, 4.69) is 119 Å². The first-order chi connectivity index (χ1) is 24.0. The third kappa shape index (κ3) is 2.80. The van der Waals surface area contributed by atoms with Crippen LogP contribution < -0.4 is 11.0 Å². The van der Waals surface area contributed by atoms with Crippen molar-refractivity contribution in [3.8, 4) is 0 Å². The molecule has 8 heteroatoms. The minimum absolute atomic E-state index is 0.916. The Bertz CT molecular complexity index is 2920. The van der Waals surface area contributed by atoms with E-state index in [0.29, 0.717) is 0 Å². The quantitative estimate of drug-likeness (QED) is 0.206. The second kappa shape index (κ2) is 8.44. The standard InChI is InChI=1S/C41H32N8/c1-5-7-8-24-12-16-28-32(20-24)40-45-38-30-18-22(4)9-13-25(30)33-42-35-27-15-11-23(6-2)19-31(27)39-44-34-26-14-10-21(3)17-29(26)37-43-36(28)49(40)41(46(33)38,47(34)37)48(35)39/h9-20H,5-8H2,1-4H3/q+2/t41-/m0/s1. The summed E-state index contributed by atoms with van der Waals surface area (Å²) >= 11 is 0. The number of fused-ring (bicyclic) bond motifs is 12. The predicted molar refractivity (Wildman–Crippen MR) is 191 cm³/mol. The van der Waals surface area contributed by atoms with Crippen LogP contribution in [0, 0.1) is 13.8 Å². The van der Waals surface area contributed by atoms with Crippen molar-refractivity contribution in [2.45, 2.75) is 59.3 Å². The summed E-state index contributed by atoms with van der Waals surface area (Å²) in [7, 11) is 0. The molecule has 0 saturated heterocycles. The second-order valence-electron chi connectivity index (χ2n) is 14.3. The Morgan fingerprint density at radius 2 is 1.20 bits per heavy atom. The molecule has 0 saturated carbocycles. The van der Waals surface area contributed by atoms with Crippen LogP contribution in [0.2, 0.25) is 0 Å². The van der Waals surface area contributed by atoms with Gasteiger partial charge in [0.1, 0.15) is 0 Å². The lowest BCUT2D eigenvalue weighted by Gasteiger charge is -2.40. The zero-order chi connectivity index (χ0) is 32.5. The summed E-state index contributed by atoms with van der Waals surface area (Å²) in [6.45, 7) is 8.79. The lowest BCUT2D eigenvalue weighted by molar-refractivity contribution is -0.790. The average Bonchev–Trinajstić information content (AvgIpc) is 3.82. The number of amidine groups is 4. The Labute approximate surface area is 281 Å². The molecule has 4 aromatic carbocycles. The smallest absolute Gasteiger partial charge is 0.192 e. The summed E-state index contributed by atoms with van der Waals surface area (Å²) in [5.41, 5.74) is 11.4. The summed E-state index contributed by atoms with van der Waals surface area (Å²) in [5.74, 6) is 4.59. The molecule has 0 bridgehead atoms. The Morgan fingerprint density at radius 3 is 1.98 bits per heavy atom. The Kier molecular flexibility index (Phi) is 4.52. The Morgan fingerprint density at radius 1 is 0.571 bits per heavy atom. The van der Waals surface area contributed by atoms with Gasteiger partial charge in [0.2, 0.25) is 22.6 Å². The van der Waals surface area contributed by atoms with Crippen molar-refractivity contribution in [2.24, 2.45) is 20.0 Å². The van der Waals surface area contributed by atoms with E-state index < -0.39 is 5.91 Å². The molecule has 6 aliphatic heterocycles. The van der Waals surface area contributed by atoms with Gasteiger partial charge in [0, 0.05) is 21.5 Å². The molecule has 6 aliphatic rings. The number of hydrogen-bond donors (Lipinski definition) is 0. The van der Waals surface area contributed by atoms with Crippen LogP contribution in [-0.4, -0.2) is 41.6 Å². The molecule has 6 aromatic rings. The van der Waals surface area contributed by atoms with E-state index in [1.54, 1.807) is 0 Å². The van der Waals surface area contributed by atoms with Crippen LogP contribution in [-0.2, 0) is 18.8 Å². The van der Waals surface area contributed by atoms with Gasteiger partial charge < -0.3 is 0 Å². The molecule has 234 valence electrons. The Hall–Kier alpha value is -5.76. The number of hydrogen-bond acceptors (Lipinski definition) is 4. The van der Waals surface area contributed by atoms with Crippen LogP contribution >= 0.6 is 0 Å². The van der Waals surface area contributed by atoms with Crippen LogP contribution in [0.4, 0.5) is 11.6 Å². The first kappa shape index (κ1) is 26.2. The highest BCUT2D eigenvalue weighted by Crippen LogP contribution is 2.52. The number of aliphatic imine (C=N–C) groups is 2. The highest BCUT2D eigenvalue weighted by atomic mass is 15.7. The summed E-state index contributed by atoms with van der Waals surface area (Å²) in [4.78, 5) is 22.4. The van der Waals surface area contributed by atoms with Crippen molar-refractivity contribution >= 4 is 56.5 Å². The fourth-order valence-corrected chi connectivity index (χ4v) is 9.16. The van der Waals surface area contributed by atoms with E-state index in [9.17, 15) is 0 Å². The number of aryl methyl sites for hydroxylation is 4. The zero-order valence-corrected chi connectivity index (χ0v) is 27.8. The molecule has 0 unspecified atom stereocenters. The van der Waals surface area contributed by atoms with Gasteiger partial charge in [-0.15, -0.1) is 9.15 Å². The average molecular weight is 637 g/mol. The lowest BCUT2D eigenvalue weighted by atomic mass is 10.0. The van der Waals surface area contributed by atoms with Crippen molar-refractivity contribution in [1.29, 1.82) is 0 Å². The molecule has 0 N–H and O–H groups in total. The third-order valence-corrected chi connectivity index (χ3v) is 11.4. The molecule has 0 radical (unpaired) electrons. The topological polar surface area (TPSA) is 65.3 Å². The SMILES string of the molecule is CCCCc1ccc2c(c1)C1=[N+]3C2=Nc2c4cc(C)ccc4c4n2[C@]32n3c(c5ccc(C)cc5c3=N1)=NC1=[N+]2C(=N4)c2cc(CC)ccc21. The fraction of sp³-hybridized carbons (Fsp3) is 0.220. The van der Waals surface area contributed by atoms with E-state index in [0.717, 1.165) is 115 Å². The van der Waals surface area contributed by atoms with Gasteiger partial charge in [0.15, 0.2) is 0 Å². The monoisotopic (exact) mass is 636 g/mol. The van der Waals surface area contributed by atoms with Crippen molar-refractivity contribution in [3.63, 3.8) is 0 Å². The van der Waals surface area contributed by atoms with Gasteiger partial charge >= 0.3 is 5.91 Å². The number of nitrogens with zero attached hydrogens (tertiary/aromatic N) is 8. The van der Waals surface area contributed by atoms with Crippen LogP contribution in [0.1, 0.15) is 71.2 Å². The maximum absolute atomic E-state index is 5.62. The largest absolute Gasteiger partial charge is 0.404 e. The molecule has 0 amide bonds. The van der Waals surface area contributed by atoms with Gasteiger partial charge in [0.25, 0.3) is 23.3 Å². The normalized spacial score (nSPS) is 19.4. The van der Waals surface area contributed by atoms with Crippen LogP contribution in [0.25, 0.3) is 21.5 Å². The highest BCUT2D eigenvalue weighted by molar-refractivity contribution is 6.20. The first-order valence-corrected chi connectivity index (χ1v) is 17.5. The second-order valence-corrected chi connectivity index (χ2v) is 14.3. The zero-order valence-electron chi connectivity index (χ0n) is 27.8. The van der Waals surface area contributed by atoms with Gasteiger partial charge in [-0.05, 0) is 92.8 Å². The van der Waals surface area contributed by atoms with E-state index in [1.807, 2.05) is 0 Å². The molecule has 2 aromatic heterocycles. The summed E-state index contributed by atoms with van der Waals surface area (Å²) in [5, 5.41) is 4.43.